The number of hydrogen-bond acceptors (Lipinski definition) is 2. The third-order valence-electron chi connectivity index (χ3n) is 3.87. The van der Waals surface area contributed by atoms with E-state index in [4.69, 9.17) is 5.73 Å². The molecule has 3 nitrogen and oxygen atoms in total. The Bertz CT molecular complexity index is 474. The molecule has 98 valence electrons. The van der Waals surface area contributed by atoms with Crippen molar-refractivity contribution in [1.82, 2.24) is 5.32 Å². The summed E-state index contributed by atoms with van der Waals surface area (Å²) in [4.78, 5) is 11.9. The predicted octanol–water partition coefficient (Wildman–Crippen LogP) is 2.49. The van der Waals surface area contributed by atoms with Crippen LogP contribution in [0.2, 0.25) is 0 Å². The zero-order valence-corrected chi connectivity index (χ0v) is 11.0. The topological polar surface area (TPSA) is 55.1 Å². The number of rotatable bonds is 3. The van der Waals surface area contributed by atoms with E-state index in [1.54, 1.807) is 6.92 Å². The van der Waals surface area contributed by atoms with E-state index >= 15 is 0 Å². The average molecular weight is 250 g/mol. The van der Waals surface area contributed by atoms with Gasteiger partial charge in [-0.1, -0.05) is 13.8 Å². The lowest BCUT2D eigenvalue weighted by Crippen LogP contribution is -2.26. The number of hydrogen-bond donors (Lipinski definition) is 2. The van der Waals surface area contributed by atoms with Crippen LogP contribution in [0.25, 0.3) is 0 Å². The van der Waals surface area contributed by atoms with Crippen molar-refractivity contribution in [3.63, 3.8) is 0 Å². The van der Waals surface area contributed by atoms with Crippen molar-refractivity contribution in [2.75, 3.05) is 12.3 Å². The fourth-order valence-corrected chi connectivity index (χ4v) is 2.07. The molecule has 0 spiro atoms. The van der Waals surface area contributed by atoms with Crippen LogP contribution in [0, 0.1) is 24.1 Å². The molecule has 0 aliphatic heterocycles. The maximum Gasteiger partial charge on any atom is 0.251 e. The van der Waals surface area contributed by atoms with Crippen LogP contribution in [0.15, 0.2) is 12.1 Å². The third kappa shape index (κ3) is 2.47. The maximum absolute atomic E-state index is 13.5. The summed E-state index contributed by atoms with van der Waals surface area (Å²) in [6.07, 6.45) is 1.12. The standard InChI is InChI=1S/C14H19FN2O/c1-8-11(15)4-9(5-12(8)16)13(18)17-7-10-6-14(10,2)3/h4-5,10H,6-7,16H2,1-3H3,(H,17,18). The number of nitrogens with two attached hydrogens (primary N) is 1. The summed E-state index contributed by atoms with van der Waals surface area (Å²) in [5, 5.41) is 2.83. The van der Waals surface area contributed by atoms with Gasteiger partial charge in [0.1, 0.15) is 5.82 Å². The molecular formula is C14H19FN2O. The molecule has 1 amide bonds. The molecule has 4 heteroatoms. The highest BCUT2D eigenvalue weighted by molar-refractivity contribution is 5.95. The summed E-state index contributed by atoms with van der Waals surface area (Å²) in [6, 6.07) is 2.75. The lowest BCUT2D eigenvalue weighted by atomic mass is 10.1. The number of nitrogens with one attached hydrogen (secondary N) is 1. The van der Waals surface area contributed by atoms with E-state index in [0.717, 1.165) is 6.42 Å². The molecule has 2 rings (SSSR count). The van der Waals surface area contributed by atoms with Crippen LogP contribution in [0.5, 0.6) is 0 Å². The minimum absolute atomic E-state index is 0.261. The first-order valence-corrected chi connectivity index (χ1v) is 6.15. The fraction of sp³-hybridized carbons (Fsp3) is 0.500. The summed E-state index contributed by atoms with van der Waals surface area (Å²) >= 11 is 0. The Morgan fingerprint density at radius 3 is 2.67 bits per heavy atom. The van der Waals surface area contributed by atoms with Crippen molar-refractivity contribution in [2.45, 2.75) is 27.2 Å². The second-order valence-corrected chi connectivity index (χ2v) is 5.77. The summed E-state index contributed by atoms with van der Waals surface area (Å²) in [5.41, 5.74) is 6.96. The van der Waals surface area contributed by atoms with E-state index in [0.29, 0.717) is 29.1 Å². The van der Waals surface area contributed by atoms with Crippen LogP contribution < -0.4 is 11.1 Å². The molecule has 1 aliphatic carbocycles. The van der Waals surface area contributed by atoms with Crippen LogP contribution in [0.1, 0.15) is 36.2 Å². The van der Waals surface area contributed by atoms with Crippen molar-refractivity contribution in [2.24, 2.45) is 11.3 Å². The second-order valence-electron chi connectivity index (χ2n) is 5.77. The molecular weight excluding hydrogens is 231 g/mol. The number of anilines is 1. The molecule has 1 aromatic rings. The van der Waals surface area contributed by atoms with E-state index in [9.17, 15) is 9.18 Å². The Morgan fingerprint density at radius 2 is 2.17 bits per heavy atom. The van der Waals surface area contributed by atoms with Gasteiger partial charge in [0.2, 0.25) is 0 Å². The number of benzene rings is 1. The first-order valence-electron chi connectivity index (χ1n) is 6.15. The van der Waals surface area contributed by atoms with Crippen molar-refractivity contribution >= 4 is 11.6 Å². The zero-order valence-electron chi connectivity index (χ0n) is 11.0. The van der Waals surface area contributed by atoms with Crippen molar-refractivity contribution in [3.05, 3.63) is 29.1 Å². The van der Waals surface area contributed by atoms with Crippen LogP contribution in [0.3, 0.4) is 0 Å². The molecule has 0 radical (unpaired) electrons. The Morgan fingerprint density at radius 1 is 1.56 bits per heavy atom. The first kappa shape index (κ1) is 12.9. The molecule has 0 saturated heterocycles. The van der Waals surface area contributed by atoms with Gasteiger partial charge in [0.15, 0.2) is 0 Å². The van der Waals surface area contributed by atoms with Gasteiger partial charge < -0.3 is 11.1 Å². The van der Waals surface area contributed by atoms with Gasteiger partial charge in [-0.3, -0.25) is 4.79 Å². The van der Waals surface area contributed by atoms with Gasteiger partial charge in [-0.15, -0.1) is 0 Å². The SMILES string of the molecule is Cc1c(N)cc(C(=O)NCC2CC2(C)C)cc1F. The molecule has 1 aromatic carbocycles. The molecule has 1 aliphatic rings. The van der Waals surface area contributed by atoms with Gasteiger partial charge in [0.05, 0.1) is 0 Å². The molecule has 3 N–H and O–H groups in total. The molecule has 1 unspecified atom stereocenters. The second kappa shape index (κ2) is 4.26. The van der Waals surface area contributed by atoms with Gasteiger partial charge in [-0.2, -0.15) is 0 Å². The Hall–Kier alpha value is -1.58. The number of nitrogen functional groups attached to an aromatic ring is 1. The Kier molecular flexibility index (Phi) is 3.05. The monoisotopic (exact) mass is 250 g/mol. The predicted molar refractivity (Wildman–Crippen MR) is 69.8 cm³/mol. The highest BCUT2D eigenvalue weighted by Gasteiger charge is 2.45. The van der Waals surface area contributed by atoms with Gasteiger partial charge in [-0.25, -0.2) is 4.39 Å². The van der Waals surface area contributed by atoms with Gasteiger partial charge in [-0.05, 0) is 36.8 Å². The number of amides is 1. The summed E-state index contributed by atoms with van der Waals surface area (Å²) in [7, 11) is 0. The normalized spacial score (nSPS) is 20.6. The van der Waals surface area contributed by atoms with Crippen molar-refractivity contribution < 1.29 is 9.18 Å². The molecule has 1 fully saturated rings. The summed E-state index contributed by atoms with van der Waals surface area (Å²) < 4.78 is 13.5. The van der Waals surface area contributed by atoms with Crippen LogP contribution in [0.4, 0.5) is 10.1 Å². The largest absolute Gasteiger partial charge is 0.398 e. The number of halogens is 1. The zero-order chi connectivity index (χ0) is 13.5. The minimum atomic E-state index is -0.438. The van der Waals surface area contributed by atoms with E-state index in [-0.39, 0.29) is 11.5 Å². The van der Waals surface area contributed by atoms with Crippen molar-refractivity contribution in [3.8, 4) is 0 Å². The maximum atomic E-state index is 13.5. The van der Waals surface area contributed by atoms with Crippen LogP contribution in [-0.2, 0) is 0 Å². The number of carbonyl (C=O) groups is 1. The van der Waals surface area contributed by atoms with Gasteiger partial charge in [0, 0.05) is 23.4 Å². The van der Waals surface area contributed by atoms with E-state index in [1.807, 2.05) is 0 Å². The summed E-state index contributed by atoms with van der Waals surface area (Å²) in [6.45, 7) is 6.58. The smallest absolute Gasteiger partial charge is 0.251 e. The number of carbonyl (C=O) groups excluding carboxylic acids is 1. The minimum Gasteiger partial charge on any atom is -0.398 e. The molecule has 0 heterocycles. The first-order chi connectivity index (χ1) is 8.31. The summed E-state index contributed by atoms with van der Waals surface area (Å²) in [5.74, 6) is -0.177. The fourth-order valence-electron chi connectivity index (χ4n) is 2.07. The molecule has 1 saturated carbocycles. The molecule has 0 bridgehead atoms. The van der Waals surface area contributed by atoms with Gasteiger partial charge in [0.25, 0.3) is 5.91 Å². The average Bonchev–Trinajstić information content (AvgIpc) is 2.90. The van der Waals surface area contributed by atoms with E-state index in [2.05, 4.69) is 19.2 Å². The molecule has 0 aromatic heterocycles. The molecule has 18 heavy (non-hydrogen) atoms. The highest BCUT2D eigenvalue weighted by Crippen LogP contribution is 2.50. The highest BCUT2D eigenvalue weighted by atomic mass is 19.1. The lowest BCUT2D eigenvalue weighted by Gasteiger charge is -2.09. The van der Waals surface area contributed by atoms with E-state index < -0.39 is 5.82 Å². The Balaban J connectivity index is 2.01. The van der Waals surface area contributed by atoms with E-state index in [1.165, 1.54) is 12.1 Å². The van der Waals surface area contributed by atoms with Crippen LogP contribution >= 0.6 is 0 Å². The van der Waals surface area contributed by atoms with Gasteiger partial charge >= 0.3 is 0 Å². The van der Waals surface area contributed by atoms with Crippen molar-refractivity contribution in [1.29, 1.82) is 0 Å². The third-order valence-corrected chi connectivity index (χ3v) is 3.87. The van der Waals surface area contributed by atoms with Crippen LogP contribution in [-0.4, -0.2) is 12.5 Å². The quantitative estimate of drug-likeness (QED) is 0.810. The Labute approximate surface area is 107 Å². The lowest BCUT2D eigenvalue weighted by molar-refractivity contribution is 0.0950. The molecule has 1 atom stereocenters.